The Hall–Kier alpha value is -2.25. The number of nitrogens with zero attached hydrogens (tertiary/aromatic N) is 1. The van der Waals surface area contributed by atoms with E-state index in [4.69, 9.17) is 10.5 Å². The van der Waals surface area contributed by atoms with Gasteiger partial charge >= 0.3 is 6.18 Å². The molecule has 1 aliphatic rings. The maximum absolute atomic E-state index is 12.6. The van der Waals surface area contributed by atoms with Crippen molar-refractivity contribution in [2.75, 3.05) is 12.3 Å². The summed E-state index contributed by atoms with van der Waals surface area (Å²) >= 11 is 0. The molecule has 3 N–H and O–H groups in total. The Labute approximate surface area is 99.4 Å². The van der Waals surface area contributed by atoms with E-state index >= 15 is 0 Å². The topological polar surface area (TPSA) is 76.7 Å². The lowest BCUT2D eigenvalue weighted by Gasteiger charge is -2.16. The molecule has 1 aromatic rings. The van der Waals surface area contributed by atoms with Crippen LogP contribution < -0.4 is 11.2 Å². The first-order chi connectivity index (χ1) is 8.38. The Morgan fingerprint density at radius 2 is 2.11 bits per heavy atom. The van der Waals surface area contributed by atoms with Crippen molar-refractivity contribution in [1.29, 1.82) is 0 Å². The van der Waals surface area contributed by atoms with Crippen molar-refractivity contribution in [2.24, 2.45) is 5.10 Å². The first-order valence-corrected chi connectivity index (χ1v) is 4.84. The van der Waals surface area contributed by atoms with Gasteiger partial charge in [0.2, 0.25) is 5.90 Å². The molecule has 0 unspecified atom stereocenters. The Kier molecular flexibility index (Phi) is 2.85. The summed E-state index contributed by atoms with van der Waals surface area (Å²) in [5, 5.41) is 3.52. The minimum absolute atomic E-state index is 0.0832. The van der Waals surface area contributed by atoms with Gasteiger partial charge in [0, 0.05) is 11.3 Å². The quantitative estimate of drug-likeness (QED) is 0.741. The first kappa shape index (κ1) is 12.2. The summed E-state index contributed by atoms with van der Waals surface area (Å²) in [5.41, 5.74) is 6.11. The highest BCUT2D eigenvalue weighted by Crippen LogP contribution is 2.34. The lowest BCUT2D eigenvalue weighted by molar-refractivity contribution is -0.137. The minimum Gasteiger partial charge on any atom is -0.466 e. The number of nitrogens with two attached hydrogens (primary N) is 1. The van der Waals surface area contributed by atoms with Gasteiger partial charge in [-0.05, 0) is 18.2 Å². The second-order valence-corrected chi connectivity index (χ2v) is 3.54. The summed E-state index contributed by atoms with van der Waals surface area (Å²) in [4.78, 5) is 10.8. The summed E-state index contributed by atoms with van der Waals surface area (Å²) in [6.07, 6.45) is -4.56. The highest BCUT2D eigenvalue weighted by Gasteiger charge is 2.33. The number of carbonyl (C=O) groups excluding carboxylic acids is 1. The van der Waals surface area contributed by atoms with E-state index < -0.39 is 17.6 Å². The van der Waals surface area contributed by atoms with Crippen LogP contribution in [-0.4, -0.2) is 18.4 Å². The molecule has 0 aromatic heterocycles. The first-order valence-electron chi connectivity index (χ1n) is 4.84. The molecular formula is C10H8F3N3O2. The average molecular weight is 259 g/mol. The molecule has 0 spiro atoms. The van der Waals surface area contributed by atoms with Gasteiger partial charge in [-0.25, -0.2) is 5.43 Å². The van der Waals surface area contributed by atoms with Crippen LogP contribution in [0.15, 0.2) is 23.3 Å². The molecule has 18 heavy (non-hydrogen) atoms. The Balaban J connectivity index is 2.39. The fraction of sp³-hybridized carbons (Fsp3) is 0.200. The van der Waals surface area contributed by atoms with Crippen molar-refractivity contribution in [3.63, 3.8) is 0 Å². The summed E-state index contributed by atoms with van der Waals surface area (Å²) in [6.45, 7) is -0.287. The number of nitrogen functional groups attached to an aromatic ring is 1. The van der Waals surface area contributed by atoms with Gasteiger partial charge in [0.15, 0.2) is 6.61 Å². The number of nitrogens with one attached hydrogen (secondary N) is 1. The lowest BCUT2D eigenvalue weighted by atomic mass is 10.1. The number of rotatable bonds is 1. The van der Waals surface area contributed by atoms with Crippen LogP contribution in [0.3, 0.4) is 0 Å². The minimum atomic E-state index is -4.56. The Bertz CT molecular complexity index is 526. The standard InChI is InChI=1S/C10H8F3N3O2/c11-10(12,13)6-3-5(1-2-7(6)14)9-16-15-8(17)4-18-9/h1-3H,4,14H2,(H,15,17). The van der Waals surface area contributed by atoms with Gasteiger partial charge in [-0.2, -0.15) is 13.2 Å². The predicted octanol–water partition coefficient (Wildman–Crippen LogP) is 1.10. The molecule has 0 saturated carbocycles. The summed E-state index contributed by atoms with van der Waals surface area (Å²) in [5.74, 6) is -0.551. The maximum Gasteiger partial charge on any atom is 0.418 e. The second kappa shape index (κ2) is 4.21. The molecule has 0 bridgehead atoms. The molecule has 0 radical (unpaired) electrons. The molecule has 1 aromatic carbocycles. The summed E-state index contributed by atoms with van der Waals surface area (Å²) in [7, 11) is 0. The van der Waals surface area contributed by atoms with Crippen molar-refractivity contribution in [1.82, 2.24) is 5.43 Å². The Morgan fingerprint density at radius 3 is 2.67 bits per heavy atom. The molecule has 1 heterocycles. The number of hydrogen-bond acceptors (Lipinski definition) is 4. The maximum atomic E-state index is 12.6. The second-order valence-electron chi connectivity index (χ2n) is 3.54. The van der Waals surface area contributed by atoms with E-state index in [1.165, 1.54) is 6.07 Å². The van der Waals surface area contributed by atoms with Gasteiger partial charge in [-0.3, -0.25) is 4.79 Å². The third-order valence-electron chi connectivity index (χ3n) is 2.23. The predicted molar refractivity (Wildman–Crippen MR) is 56.5 cm³/mol. The number of anilines is 1. The van der Waals surface area contributed by atoms with E-state index in [2.05, 4.69) is 10.5 Å². The van der Waals surface area contributed by atoms with E-state index in [0.717, 1.165) is 12.1 Å². The van der Waals surface area contributed by atoms with E-state index in [1.807, 2.05) is 0 Å². The summed E-state index contributed by atoms with van der Waals surface area (Å²) < 4.78 is 42.8. The molecule has 0 fully saturated rings. The van der Waals surface area contributed by atoms with Crippen molar-refractivity contribution in [2.45, 2.75) is 6.18 Å². The number of halogens is 3. The van der Waals surface area contributed by atoms with Gasteiger partial charge < -0.3 is 10.5 Å². The molecule has 5 nitrogen and oxygen atoms in total. The molecule has 2 rings (SSSR count). The molecule has 1 aliphatic heterocycles. The van der Waals surface area contributed by atoms with E-state index in [0.29, 0.717) is 0 Å². The van der Waals surface area contributed by atoms with Crippen molar-refractivity contribution in [3.8, 4) is 0 Å². The zero-order valence-corrected chi connectivity index (χ0v) is 8.91. The van der Waals surface area contributed by atoms with Gasteiger partial charge in [0.25, 0.3) is 5.91 Å². The number of benzene rings is 1. The van der Waals surface area contributed by atoms with Crippen molar-refractivity contribution < 1.29 is 22.7 Å². The van der Waals surface area contributed by atoms with Gasteiger partial charge in [0.05, 0.1) is 5.56 Å². The number of carbonyl (C=O) groups is 1. The van der Waals surface area contributed by atoms with E-state index in [1.54, 1.807) is 0 Å². The number of hydrazone groups is 1. The molecule has 8 heteroatoms. The molecule has 96 valence electrons. The normalized spacial score (nSPS) is 15.7. The van der Waals surface area contributed by atoms with Crippen LogP contribution in [-0.2, 0) is 15.7 Å². The molecule has 0 aliphatic carbocycles. The largest absolute Gasteiger partial charge is 0.466 e. The third kappa shape index (κ3) is 2.36. The SMILES string of the molecule is Nc1ccc(C2=NNC(=O)CO2)cc1C(F)(F)F. The smallest absolute Gasteiger partial charge is 0.418 e. The number of amides is 1. The van der Waals surface area contributed by atoms with Crippen molar-refractivity contribution >= 4 is 17.5 Å². The van der Waals surface area contributed by atoms with Gasteiger partial charge in [-0.1, -0.05) is 0 Å². The van der Waals surface area contributed by atoms with Crippen LogP contribution in [0.5, 0.6) is 0 Å². The van der Waals surface area contributed by atoms with Crippen LogP contribution in [0.25, 0.3) is 0 Å². The van der Waals surface area contributed by atoms with E-state index in [9.17, 15) is 18.0 Å². The zero-order valence-electron chi connectivity index (χ0n) is 8.91. The highest BCUT2D eigenvalue weighted by molar-refractivity contribution is 5.98. The third-order valence-corrected chi connectivity index (χ3v) is 2.23. The molecule has 0 saturated heterocycles. The fourth-order valence-electron chi connectivity index (χ4n) is 1.39. The fourth-order valence-corrected chi connectivity index (χ4v) is 1.39. The molecule has 1 amide bonds. The van der Waals surface area contributed by atoms with E-state index in [-0.39, 0.29) is 23.8 Å². The van der Waals surface area contributed by atoms with Gasteiger partial charge in [0.1, 0.15) is 0 Å². The number of alkyl halides is 3. The van der Waals surface area contributed by atoms with Crippen LogP contribution in [0.4, 0.5) is 18.9 Å². The monoisotopic (exact) mass is 259 g/mol. The number of ether oxygens (including phenoxy) is 1. The molecule has 0 atom stereocenters. The number of hydrogen-bond donors (Lipinski definition) is 2. The van der Waals surface area contributed by atoms with Crippen molar-refractivity contribution in [3.05, 3.63) is 29.3 Å². The van der Waals surface area contributed by atoms with Crippen LogP contribution in [0.1, 0.15) is 11.1 Å². The summed E-state index contributed by atoms with van der Waals surface area (Å²) in [6, 6.07) is 3.27. The van der Waals surface area contributed by atoms with Gasteiger partial charge in [-0.15, -0.1) is 5.10 Å². The van der Waals surface area contributed by atoms with Crippen LogP contribution in [0, 0.1) is 0 Å². The zero-order chi connectivity index (χ0) is 13.3. The van der Waals surface area contributed by atoms with Crippen LogP contribution >= 0.6 is 0 Å². The lowest BCUT2D eigenvalue weighted by Crippen LogP contribution is -2.32. The molecular weight excluding hydrogens is 251 g/mol. The average Bonchev–Trinajstić information content (AvgIpc) is 2.29. The van der Waals surface area contributed by atoms with Crippen LogP contribution in [0.2, 0.25) is 0 Å². The highest BCUT2D eigenvalue weighted by atomic mass is 19.4. The Morgan fingerprint density at radius 1 is 1.39 bits per heavy atom.